The van der Waals surface area contributed by atoms with Crippen LogP contribution in [0.4, 0.5) is 5.69 Å². The summed E-state index contributed by atoms with van der Waals surface area (Å²) in [6.07, 6.45) is 31.3. The number of benzene rings is 2. The summed E-state index contributed by atoms with van der Waals surface area (Å²) in [6, 6.07) is 11.6. The SMILES string of the molecule is CCCCCCCCCCCCCCCCCc1cc2nc3ccc(N4CCCCC4)cc3sc-2cc1=NCCCCCC. The third kappa shape index (κ3) is 12.1. The van der Waals surface area contributed by atoms with Crippen molar-refractivity contribution in [2.45, 2.75) is 162 Å². The molecule has 1 aromatic carbocycles. The fourth-order valence-electron chi connectivity index (χ4n) is 6.82. The van der Waals surface area contributed by atoms with E-state index < -0.39 is 0 Å². The summed E-state index contributed by atoms with van der Waals surface area (Å²) in [5, 5.41) is 1.23. The van der Waals surface area contributed by atoms with Crippen molar-refractivity contribution in [3.8, 4) is 10.6 Å². The molecule has 2 aliphatic heterocycles. The van der Waals surface area contributed by atoms with Crippen LogP contribution in [0.3, 0.4) is 0 Å². The Labute approximate surface area is 274 Å². The predicted molar refractivity (Wildman–Crippen MR) is 196 cm³/mol. The topological polar surface area (TPSA) is 28.5 Å². The second-order valence-electron chi connectivity index (χ2n) is 13.5. The van der Waals surface area contributed by atoms with Gasteiger partial charge in [0.05, 0.1) is 26.1 Å². The monoisotopic (exact) mass is 617 g/mol. The van der Waals surface area contributed by atoms with Crippen LogP contribution in [-0.2, 0) is 6.42 Å². The molecule has 1 fully saturated rings. The van der Waals surface area contributed by atoms with Gasteiger partial charge in [0.2, 0.25) is 0 Å². The molecule has 0 saturated carbocycles. The molecule has 4 rings (SSSR count). The normalized spacial score (nSPS) is 14.3. The lowest BCUT2D eigenvalue weighted by Gasteiger charge is -2.29. The highest BCUT2D eigenvalue weighted by molar-refractivity contribution is 7.21. The van der Waals surface area contributed by atoms with E-state index in [-0.39, 0.29) is 0 Å². The molecule has 0 spiro atoms. The van der Waals surface area contributed by atoms with Gasteiger partial charge in [0.25, 0.3) is 0 Å². The number of hydrogen-bond donors (Lipinski definition) is 0. The summed E-state index contributed by atoms with van der Waals surface area (Å²) in [5.41, 5.74) is 5.05. The fraction of sp³-hybridized carbons (Fsp3) is 0.700. The lowest BCUT2D eigenvalue weighted by molar-refractivity contribution is 0.532. The number of piperidine rings is 1. The van der Waals surface area contributed by atoms with E-state index in [0.717, 1.165) is 24.2 Å². The average molecular weight is 618 g/mol. The molecule has 2 heterocycles. The Bertz CT molecular complexity index is 1220. The number of anilines is 1. The molecule has 0 N–H and O–H groups in total. The minimum atomic E-state index is 0.947. The number of hydrogen-bond acceptors (Lipinski definition) is 4. The predicted octanol–water partition coefficient (Wildman–Crippen LogP) is 12.3. The quantitative estimate of drug-likeness (QED) is 0.0829. The molecule has 1 aliphatic carbocycles. The molecule has 0 atom stereocenters. The standard InChI is InChI=1S/C40H63N3S/c1-3-5-7-9-10-11-12-13-14-15-16-17-18-19-21-25-34-31-38-40(33-37(34)41-28-22-8-6-4-2)44-39-32-35(26-27-36(39)42-38)43-29-23-20-24-30-43/h26-27,31-33H,3-25,28-30H2,1-2H3. The van der Waals surface area contributed by atoms with Crippen LogP contribution in [0.2, 0.25) is 0 Å². The molecular weight excluding hydrogens is 555 g/mol. The summed E-state index contributed by atoms with van der Waals surface area (Å²) >= 11 is 1.90. The second-order valence-corrected chi connectivity index (χ2v) is 14.6. The van der Waals surface area contributed by atoms with Gasteiger partial charge >= 0.3 is 0 Å². The van der Waals surface area contributed by atoms with E-state index in [2.05, 4.69) is 49.1 Å². The third-order valence-corrected chi connectivity index (χ3v) is 10.7. The van der Waals surface area contributed by atoms with Crippen LogP contribution < -0.4 is 10.3 Å². The van der Waals surface area contributed by atoms with Crippen molar-refractivity contribution in [1.29, 1.82) is 0 Å². The molecule has 244 valence electrons. The first kappa shape index (κ1) is 34.9. The summed E-state index contributed by atoms with van der Waals surface area (Å²) in [5.74, 6) is 0. The maximum Gasteiger partial charge on any atom is 0.0814 e. The first-order chi connectivity index (χ1) is 21.8. The molecule has 1 aromatic rings. The van der Waals surface area contributed by atoms with Crippen molar-refractivity contribution in [3.63, 3.8) is 0 Å². The summed E-state index contributed by atoms with van der Waals surface area (Å²) in [7, 11) is 0. The molecule has 1 saturated heterocycles. The van der Waals surface area contributed by atoms with Gasteiger partial charge in [0.1, 0.15) is 0 Å². The van der Waals surface area contributed by atoms with Gasteiger partial charge in [0, 0.05) is 25.3 Å². The summed E-state index contributed by atoms with van der Waals surface area (Å²) in [6.45, 7) is 7.90. The zero-order valence-corrected chi connectivity index (χ0v) is 29.3. The molecule has 0 amide bonds. The number of aromatic nitrogens is 1. The van der Waals surface area contributed by atoms with E-state index in [4.69, 9.17) is 9.98 Å². The van der Waals surface area contributed by atoms with Gasteiger partial charge in [-0.3, -0.25) is 4.99 Å². The van der Waals surface area contributed by atoms with Crippen LogP contribution >= 0.6 is 11.3 Å². The molecule has 4 heteroatoms. The Kier molecular flexibility index (Phi) is 16.6. The van der Waals surface area contributed by atoms with Gasteiger partial charge in [-0.25, -0.2) is 4.98 Å². The fourth-order valence-corrected chi connectivity index (χ4v) is 7.83. The average Bonchev–Trinajstić information content (AvgIpc) is 3.05. The van der Waals surface area contributed by atoms with Gasteiger partial charge in [0.15, 0.2) is 0 Å². The van der Waals surface area contributed by atoms with Crippen molar-refractivity contribution < 1.29 is 0 Å². The Hall–Kier alpha value is -1.94. The summed E-state index contributed by atoms with van der Waals surface area (Å²) < 4.78 is 1.30. The summed E-state index contributed by atoms with van der Waals surface area (Å²) in [4.78, 5) is 14.1. The molecule has 3 aliphatic rings. The minimum Gasteiger partial charge on any atom is -0.371 e. The van der Waals surface area contributed by atoms with Gasteiger partial charge in [-0.05, 0) is 74.4 Å². The van der Waals surface area contributed by atoms with Gasteiger partial charge in [-0.1, -0.05) is 123 Å². The molecule has 44 heavy (non-hydrogen) atoms. The lowest BCUT2D eigenvalue weighted by atomic mass is 10.0. The highest BCUT2D eigenvalue weighted by atomic mass is 32.1. The molecule has 0 unspecified atom stereocenters. The van der Waals surface area contributed by atoms with E-state index >= 15 is 0 Å². The number of nitrogens with zero attached hydrogens (tertiary/aromatic N) is 3. The molecular formula is C40H63N3S. The number of aryl methyl sites for hydroxylation is 1. The van der Waals surface area contributed by atoms with Crippen LogP contribution in [0, 0.1) is 0 Å². The van der Waals surface area contributed by atoms with Crippen LogP contribution in [0.15, 0.2) is 35.3 Å². The maximum absolute atomic E-state index is 5.16. The van der Waals surface area contributed by atoms with Crippen molar-refractivity contribution in [3.05, 3.63) is 41.3 Å². The Morgan fingerprint density at radius 3 is 1.89 bits per heavy atom. The first-order valence-electron chi connectivity index (χ1n) is 18.9. The number of unbranched alkanes of at least 4 members (excludes halogenated alkanes) is 17. The van der Waals surface area contributed by atoms with Gasteiger partial charge in [-0.15, -0.1) is 11.3 Å². The van der Waals surface area contributed by atoms with E-state index in [1.165, 1.54) is 181 Å². The largest absolute Gasteiger partial charge is 0.371 e. The second kappa shape index (κ2) is 21.0. The van der Waals surface area contributed by atoms with Crippen LogP contribution in [0.5, 0.6) is 0 Å². The van der Waals surface area contributed by atoms with E-state index in [1.807, 2.05) is 11.3 Å². The van der Waals surface area contributed by atoms with Crippen molar-refractivity contribution in [1.82, 2.24) is 4.98 Å². The van der Waals surface area contributed by atoms with E-state index in [0.29, 0.717) is 0 Å². The molecule has 0 aromatic heterocycles. The Balaban J connectivity index is 1.28. The smallest absolute Gasteiger partial charge is 0.0814 e. The van der Waals surface area contributed by atoms with E-state index in [1.54, 1.807) is 0 Å². The van der Waals surface area contributed by atoms with E-state index in [9.17, 15) is 0 Å². The molecule has 0 bridgehead atoms. The molecule has 3 nitrogen and oxygen atoms in total. The van der Waals surface area contributed by atoms with Crippen LogP contribution in [-0.4, -0.2) is 24.6 Å². The lowest BCUT2D eigenvalue weighted by Crippen LogP contribution is -2.29. The minimum absolute atomic E-state index is 0.947. The van der Waals surface area contributed by atoms with Crippen molar-refractivity contribution in [2.75, 3.05) is 24.5 Å². The third-order valence-electron chi connectivity index (χ3n) is 9.63. The number of rotatable bonds is 22. The van der Waals surface area contributed by atoms with Crippen LogP contribution in [0.1, 0.15) is 161 Å². The van der Waals surface area contributed by atoms with Crippen molar-refractivity contribution in [2.24, 2.45) is 4.99 Å². The maximum atomic E-state index is 5.16. The van der Waals surface area contributed by atoms with Crippen LogP contribution in [0.25, 0.3) is 20.8 Å². The van der Waals surface area contributed by atoms with Gasteiger partial charge < -0.3 is 4.90 Å². The first-order valence-corrected chi connectivity index (χ1v) is 19.7. The zero-order valence-electron chi connectivity index (χ0n) is 28.5. The van der Waals surface area contributed by atoms with Gasteiger partial charge in [-0.2, -0.15) is 0 Å². The Morgan fingerprint density at radius 1 is 0.659 bits per heavy atom. The molecule has 0 radical (unpaired) electrons. The van der Waals surface area contributed by atoms with Crippen molar-refractivity contribution >= 4 is 27.2 Å². The highest BCUT2D eigenvalue weighted by Gasteiger charge is 2.14. The number of fused-ring (bicyclic) bond motifs is 2. The highest BCUT2D eigenvalue weighted by Crippen LogP contribution is 2.33. The zero-order chi connectivity index (χ0) is 30.7. The Morgan fingerprint density at radius 2 is 1.25 bits per heavy atom.